The monoisotopic (exact) mass is 371 g/mol. The number of ether oxygens (including phenoxy) is 2. The number of amides is 1. The number of benzene rings is 2. The zero-order chi connectivity index (χ0) is 20.1. The zero-order valence-electron chi connectivity index (χ0n) is 17.4. The molecule has 0 aromatic heterocycles. The minimum absolute atomic E-state index is 0.0133. The molecule has 5 heteroatoms. The van der Waals surface area contributed by atoms with Crippen molar-refractivity contribution >= 4 is 11.6 Å². The number of anilines is 1. The lowest BCUT2D eigenvalue weighted by molar-refractivity contribution is -0.907. The van der Waals surface area contributed by atoms with E-state index in [9.17, 15) is 4.79 Å². The zero-order valence-corrected chi connectivity index (χ0v) is 17.4. The molecule has 2 atom stereocenters. The Balaban J connectivity index is 2.12. The topological polar surface area (TPSA) is 52.0 Å². The average Bonchev–Trinajstić information content (AvgIpc) is 2.65. The molecule has 2 N–H and O–H groups in total. The van der Waals surface area contributed by atoms with Gasteiger partial charge >= 0.3 is 0 Å². The first-order valence-corrected chi connectivity index (χ1v) is 9.18. The van der Waals surface area contributed by atoms with E-state index in [4.69, 9.17) is 9.47 Å². The number of hydrogen-bond acceptors (Lipinski definition) is 3. The third-order valence-electron chi connectivity index (χ3n) is 5.09. The molecule has 2 rings (SSSR count). The Morgan fingerprint density at radius 2 is 1.67 bits per heavy atom. The molecular formula is C22H31N2O3+. The van der Waals surface area contributed by atoms with Crippen LogP contribution in [0.5, 0.6) is 11.5 Å². The first kappa shape index (κ1) is 20.8. The predicted molar refractivity (Wildman–Crippen MR) is 109 cm³/mol. The highest BCUT2D eigenvalue weighted by Gasteiger charge is 2.23. The average molecular weight is 372 g/mol. The number of rotatable bonds is 7. The van der Waals surface area contributed by atoms with Crippen molar-refractivity contribution in [2.45, 2.75) is 40.3 Å². The number of aryl methyl sites for hydroxylation is 3. The van der Waals surface area contributed by atoms with Gasteiger partial charge in [-0.25, -0.2) is 0 Å². The van der Waals surface area contributed by atoms with E-state index < -0.39 is 0 Å². The Morgan fingerprint density at radius 3 is 2.30 bits per heavy atom. The third kappa shape index (κ3) is 5.01. The number of hydrogen-bond donors (Lipinski definition) is 2. The fraction of sp³-hybridized carbons (Fsp3) is 0.409. The van der Waals surface area contributed by atoms with Gasteiger partial charge in [0.05, 0.1) is 21.3 Å². The van der Waals surface area contributed by atoms with E-state index in [2.05, 4.69) is 5.32 Å². The van der Waals surface area contributed by atoms with Crippen LogP contribution < -0.4 is 19.7 Å². The lowest BCUT2D eigenvalue weighted by atomic mass is 10.1. The van der Waals surface area contributed by atoms with Crippen molar-refractivity contribution in [1.82, 2.24) is 0 Å². The van der Waals surface area contributed by atoms with Crippen LogP contribution in [0.4, 0.5) is 5.69 Å². The Kier molecular flexibility index (Phi) is 6.86. The van der Waals surface area contributed by atoms with Gasteiger partial charge in [-0.15, -0.1) is 0 Å². The molecule has 0 saturated carbocycles. The van der Waals surface area contributed by atoms with Crippen molar-refractivity contribution in [2.75, 3.05) is 26.6 Å². The molecule has 1 unspecified atom stereocenters. The van der Waals surface area contributed by atoms with Gasteiger partial charge in [-0.2, -0.15) is 0 Å². The van der Waals surface area contributed by atoms with Gasteiger partial charge < -0.3 is 19.7 Å². The van der Waals surface area contributed by atoms with Crippen LogP contribution in [0, 0.1) is 20.8 Å². The van der Waals surface area contributed by atoms with Crippen LogP contribution in [0.2, 0.25) is 0 Å². The molecule has 0 fully saturated rings. The smallest absolute Gasteiger partial charge is 0.282 e. The number of nitrogens with one attached hydrogen (secondary N) is 2. The second-order valence-corrected chi connectivity index (χ2v) is 7.19. The van der Waals surface area contributed by atoms with Gasteiger partial charge in [-0.1, -0.05) is 12.1 Å². The summed E-state index contributed by atoms with van der Waals surface area (Å²) >= 11 is 0. The highest BCUT2D eigenvalue weighted by molar-refractivity contribution is 5.94. The molecule has 1 amide bonds. The van der Waals surface area contributed by atoms with Crippen LogP contribution in [0.3, 0.4) is 0 Å². The molecule has 2 aromatic carbocycles. The SMILES string of the molecule is COc1cc(C)c(C[NH+](C)[C@@H](C)C(=O)Nc2cc(C)ccc2C)cc1OC. The van der Waals surface area contributed by atoms with Gasteiger partial charge in [-0.05, 0) is 62.6 Å². The summed E-state index contributed by atoms with van der Waals surface area (Å²) in [6.45, 7) is 8.74. The van der Waals surface area contributed by atoms with E-state index in [1.807, 2.05) is 65.1 Å². The van der Waals surface area contributed by atoms with Crippen molar-refractivity contribution in [3.05, 3.63) is 52.6 Å². The second-order valence-electron chi connectivity index (χ2n) is 7.19. The summed E-state index contributed by atoms with van der Waals surface area (Å²) in [5.74, 6) is 1.44. The Labute approximate surface area is 162 Å². The standard InChI is InChI=1S/C22H30N2O3/c1-14-8-9-15(2)19(10-14)23-22(25)17(4)24(5)13-18-12-21(27-7)20(26-6)11-16(18)3/h8-12,17H,13H2,1-7H3,(H,23,25)/p+1/t17-/m0/s1. The molecule has 0 radical (unpaired) electrons. The molecule has 2 aromatic rings. The highest BCUT2D eigenvalue weighted by atomic mass is 16.5. The minimum Gasteiger partial charge on any atom is -0.493 e. The molecule has 0 aliphatic rings. The van der Waals surface area contributed by atoms with Gasteiger partial charge in [0.2, 0.25) is 0 Å². The molecule has 146 valence electrons. The molecule has 0 heterocycles. The summed E-state index contributed by atoms with van der Waals surface area (Å²) in [5.41, 5.74) is 5.33. The van der Waals surface area contributed by atoms with Crippen LogP contribution in [0.15, 0.2) is 30.3 Å². The minimum atomic E-state index is -0.197. The van der Waals surface area contributed by atoms with E-state index in [-0.39, 0.29) is 11.9 Å². The summed E-state index contributed by atoms with van der Waals surface area (Å²) in [4.78, 5) is 13.8. The molecule has 0 aliphatic carbocycles. The van der Waals surface area contributed by atoms with Crippen molar-refractivity contribution in [1.29, 1.82) is 0 Å². The number of carbonyl (C=O) groups is 1. The normalized spacial score (nSPS) is 13.0. The third-order valence-corrected chi connectivity index (χ3v) is 5.09. The lowest BCUT2D eigenvalue weighted by Crippen LogP contribution is -3.12. The summed E-state index contributed by atoms with van der Waals surface area (Å²) < 4.78 is 10.8. The highest BCUT2D eigenvalue weighted by Crippen LogP contribution is 2.29. The molecule has 27 heavy (non-hydrogen) atoms. The number of likely N-dealkylation sites (N-methyl/N-ethyl adjacent to an activating group) is 1. The maximum atomic E-state index is 12.7. The van der Waals surface area contributed by atoms with Crippen LogP contribution in [-0.4, -0.2) is 33.2 Å². The molecule has 0 saturated heterocycles. The molecule has 5 nitrogen and oxygen atoms in total. The number of methoxy groups -OCH3 is 2. The largest absolute Gasteiger partial charge is 0.493 e. The summed E-state index contributed by atoms with van der Waals surface area (Å²) in [6.07, 6.45) is 0. The first-order valence-electron chi connectivity index (χ1n) is 9.18. The molecular weight excluding hydrogens is 340 g/mol. The van der Waals surface area contributed by atoms with E-state index in [1.165, 1.54) is 0 Å². The first-order chi connectivity index (χ1) is 12.8. The van der Waals surface area contributed by atoms with Crippen molar-refractivity contribution in [3.8, 4) is 11.5 Å². The van der Waals surface area contributed by atoms with E-state index in [0.29, 0.717) is 12.3 Å². The lowest BCUT2D eigenvalue weighted by Gasteiger charge is -2.23. The number of quaternary nitrogens is 1. The Hall–Kier alpha value is -2.53. The maximum absolute atomic E-state index is 12.7. The summed E-state index contributed by atoms with van der Waals surface area (Å²) in [5, 5.41) is 3.07. The van der Waals surface area contributed by atoms with Gasteiger partial charge in [0.15, 0.2) is 17.5 Å². The quantitative estimate of drug-likeness (QED) is 0.787. The van der Waals surface area contributed by atoms with Crippen LogP contribution in [0.25, 0.3) is 0 Å². The Bertz CT molecular complexity index is 817. The molecule has 0 bridgehead atoms. The maximum Gasteiger partial charge on any atom is 0.282 e. The Morgan fingerprint density at radius 1 is 1.04 bits per heavy atom. The number of carbonyl (C=O) groups excluding carboxylic acids is 1. The fourth-order valence-electron chi connectivity index (χ4n) is 3.00. The van der Waals surface area contributed by atoms with Gasteiger partial charge in [0.25, 0.3) is 5.91 Å². The molecule has 0 aliphatic heterocycles. The van der Waals surface area contributed by atoms with Gasteiger partial charge in [0.1, 0.15) is 6.54 Å². The fourth-order valence-corrected chi connectivity index (χ4v) is 3.00. The van der Waals surface area contributed by atoms with Crippen molar-refractivity contribution in [3.63, 3.8) is 0 Å². The molecule has 0 spiro atoms. The van der Waals surface area contributed by atoms with Crippen molar-refractivity contribution in [2.24, 2.45) is 0 Å². The van der Waals surface area contributed by atoms with E-state index in [0.717, 1.165) is 38.6 Å². The summed E-state index contributed by atoms with van der Waals surface area (Å²) in [6, 6.07) is 9.85. The van der Waals surface area contributed by atoms with Gasteiger partial charge in [-0.3, -0.25) is 4.79 Å². The van der Waals surface area contributed by atoms with E-state index in [1.54, 1.807) is 14.2 Å². The van der Waals surface area contributed by atoms with Gasteiger partial charge in [0, 0.05) is 11.3 Å². The second kappa shape index (κ2) is 8.91. The van der Waals surface area contributed by atoms with Crippen LogP contribution >= 0.6 is 0 Å². The predicted octanol–water partition coefficient (Wildman–Crippen LogP) is 2.67. The van der Waals surface area contributed by atoms with E-state index >= 15 is 0 Å². The van der Waals surface area contributed by atoms with Crippen molar-refractivity contribution < 1.29 is 19.2 Å². The summed E-state index contributed by atoms with van der Waals surface area (Å²) in [7, 11) is 5.30. The van der Waals surface area contributed by atoms with Crippen LogP contribution in [0.1, 0.15) is 29.2 Å². The van der Waals surface area contributed by atoms with Crippen LogP contribution in [-0.2, 0) is 11.3 Å².